The highest BCUT2D eigenvalue weighted by Gasteiger charge is 2.14. The Balaban J connectivity index is 2.37. The molecule has 1 aromatic carbocycles. The lowest BCUT2D eigenvalue weighted by atomic mass is 10.2. The molecule has 0 aliphatic rings. The highest BCUT2D eigenvalue weighted by atomic mass is 19.1. The zero-order valence-electron chi connectivity index (χ0n) is 9.50. The van der Waals surface area contributed by atoms with Gasteiger partial charge in [0.15, 0.2) is 5.76 Å². The van der Waals surface area contributed by atoms with E-state index >= 15 is 0 Å². The van der Waals surface area contributed by atoms with Gasteiger partial charge in [0.1, 0.15) is 11.6 Å². The quantitative estimate of drug-likeness (QED) is 0.893. The van der Waals surface area contributed by atoms with Crippen molar-refractivity contribution < 1.29 is 13.2 Å². The second-order valence-electron chi connectivity index (χ2n) is 3.70. The van der Waals surface area contributed by atoms with E-state index in [1.807, 2.05) is 6.92 Å². The molecular weight excluding hydrogens is 226 g/mol. The molecule has 90 valence electrons. The van der Waals surface area contributed by atoms with Crippen LogP contribution in [0.2, 0.25) is 0 Å². The topological polar surface area (TPSA) is 38.1 Å². The lowest BCUT2D eigenvalue weighted by Crippen LogP contribution is -2.12. The van der Waals surface area contributed by atoms with Crippen molar-refractivity contribution in [3.05, 3.63) is 41.9 Å². The number of nitrogens with zero attached hydrogens (tertiary/aromatic N) is 1. The molecule has 0 bridgehead atoms. The summed E-state index contributed by atoms with van der Waals surface area (Å²) < 4.78 is 31.6. The molecule has 1 N–H and O–H groups in total. The van der Waals surface area contributed by atoms with Crippen molar-refractivity contribution in [2.24, 2.45) is 0 Å². The zero-order chi connectivity index (χ0) is 12.4. The Labute approximate surface area is 97.5 Å². The minimum absolute atomic E-state index is 0.0627. The van der Waals surface area contributed by atoms with Crippen LogP contribution in [0.4, 0.5) is 8.78 Å². The smallest absolute Gasteiger partial charge is 0.211 e. The third kappa shape index (κ3) is 2.34. The van der Waals surface area contributed by atoms with Gasteiger partial charge in [-0.25, -0.2) is 13.8 Å². The Morgan fingerprint density at radius 3 is 2.76 bits per heavy atom. The molecule has 2 aromatic rings. The number of hydrogen-bond acceptors (Lipinski definition) is 3. The maximum atomic E-state index is 13.5. The van der Waals surface area contributed by atoms with Gasteiger partial charge in [0, 0.05) is 6.07 Å². The van der Waals surface area contributed by atoms with Gasteiger partial charge >= 0.3 is 0 Å². The highest BCUT2D eigenvalue weighted by molar-refractivity contribution is 5.57. The molecule has 1 atom stereocenters. The maximum Gasteiger partial charge on any atom is 0.211 e. The van der Waals surface area contributed by atoms with Crippen LogP contribution < -0.4 is 5.32 Å². The summed E-state index contributed by atoms with van der Waals surface area (Å²) in [5.74, 6) is -0.523. The largest absolute Gasteiger partial charge is 0.439 e. The first-order chi connectivity index (χ1) is 8.11. The van der Waals surface area contributed by atoms with E-state index in [0.717, 1.165) is 6.07 Å². The van der Waals surface area contributed by atoms with E-state index in [1.54, 1.807) is 7.05 Å². The van der Waals surface area contributed by atoms with Gasteiger partial charge in [0.05, 0.1) is 17.8 Å². The van der Waals surface area contributed by atoms with E-state index in [4.69, 9.17) is 4.42 Å². The molecule has 0 aliphatic heterocycles. The van der Waals surface area contributed by atoms with Crippen molar-refractivity contribution in [1.82, 2.24) is 10.3 Å². The zero-order valence-corrected chi connectivity index (χ0v) is 9.50. The maximum absolute atomic E-state index is 13.5. The van der Waals surface area contributed by atoms with E-state index in [1.165, 1.54) is 18.3 Å². The van der Waals surface area contributed by atoms with Crippen molar-refractivity contribution in [3.63, 3.8) is 0 Å². The summed E-state index contributed by atoms with van der Waals surface area (Å²) in [6.45, 7) is 1.87. The summed E-state index contributed by atoms with van der Waals surface area (Å²) in [6, 6.07) is 3.27. The molecule has 0 spiro atoms. The molecule has 1 heterocycles. The molecule has 0 amide bonds. The van der Waals surface area contributed by atoms with Crippen LogP contribution in [0, 0.1) is 11.6 Å². The van der Waals surface area contributed by atoms with Crippen molar-refractivity contribution in [2.45, 2.75) is 13.0 Å². The average molecular weight is 238 g/mol. The number of benzene rings is 1. The van der Waals surface area contributed by atoms with Crippen molar-refractivity contribution in [2.75, 3.05) is 7.05 Å². The van der Waals surface area contributed by atoms with E-state index in [-0.39, 0.29) is 11.6 Å². The molecule has 0 saturated carbocycles. The summed E-state index contributed by atoms with van der Waals surface area (Å²) in [6.07, 6.45) is 1.43. The van der Waals surface area contributed by atoms with Gasteiger partial charge in [0.2, 0.25) is 5.89 Å². The Morgan fingerprint density at radius 2 is 2.12 bits per heavy atom. The third-order valence-corrected chi connectivity index (χ3v) is 2.52. The molecule has 3 nitrogen and oxygen atoms in total. The Hall–Kier alpha value is -1.75. The molecular formula is C12H12F2N2O. The molecule has 0 saturated heterocycles. The van der Waals surface area contributed by atoms with Crippen LogP contribution in [0.1, 0.15) is 18.9 Å². The first-order valence-electron chi connectivity index (χ1n) is 5.20. The summed E-state index contributed by atoms with van der Waals surface area (Å²) in [5.41, 5.74) is 0.202. The van der Waals surface area contributed by atoms with Crippen molar-refractivity contribution >= 4 is 0 Å². The average Bonchev–Trinajstić information content (AvgIpc) is 2.77. The summed E-state index contributed by atoms with van der Waals surface area (Å²) in [4.78, 5) is 4.04. The summed E-state index contributed by atoms with van der Waals surface area (Å²) in [7, 11) is 1.77. The summed E-state index contributed by atoms with van der Waals surface area (Å²) in [5, 5.41) is 2.96. The lowest BCUT2D eigenvalue weighted by molar-refractivity contribution is 0.439. The van der Waals surface area contributed by atoms with Gasteiger partial charge in [-0.15, -0.1) is 0 Å². The molecule has 17 heavy (non-hydrogen) atoms. The van der Waals surface area contributed by atoms with Crippen LogP contribution in [0.5, 0.6) is 0 Å². The molecule has 0 fully saturated rings. The number of oxazole rings is 1. The Kier molecular flexibility index (Phi) is 3.19. The van der Waals surface area contributed by atoms with Gasteiger partial charge in [0.25, 0.3) is 0 Å². The second-order valence-corrected chi connectivity index (χ2v) is 3.70. The third-order valence-electron chi connectivity index (χ3n) is 2.52. The van der Waals surface area contributed by atoms with Gasteiger partial charge in [-0.1, -0.05) is 0 Å². The highest BCUT2D eigenvalue weighted by Crippen LogP contribution is 2.25. The normalized spacial score (nSPS) is 12.7. The van der Waals surface area contributed by atoms with Gasteiger partial charge in [-0.05, 0) is 26.1 Å². The van der Waals surface area contributed by atoms with Crippen LogP contribution in [0.3, 0.4) is 0 Å². The monoisotopic (exact) mass is 238 g/mol. The number of hydrogen-bond donors (Lipinski definition) is 1. The predicted molar refractivity (Wildman–Crippen MR) is 59.3 cm³/mol. The molecule has 1 aromatic heterocycles. The SMILES string of the molecule is CNC(C)c1ncc(-c2ccc(F)cc2F)o1. The lowest BCUT2D eigenvalue weighted by Gasteiger charge is -2.04. The first kappa shape index (κ1) is 11.7. The van der Waals surface area contributed by atoms with Gasteiger partial charge < -0.3 is 9.73 Å². The molecule has 0 aliphatic carbocycles. The van der Waals surface area contributed by atoms with E-state index in [9.17, 15) is 8.78 Å². The fourth-order valence-corrected chi connectivity index (χ4v) is 1.43. The van der Waals surface area contributed by atoms with Crippen LogP contribution in [0.25, 0.3) is 11.3 Å². The predicted octanol–water partition coefficient (Wildman–Crippen LogP) is 2.90. The minimum atomic E-state index is -0.662. The number of nitrogens with one attached hydrogen (secondary N) is 1. The van der Waals surface area contributed by atoms with Crippen LogP contribution in [-0.4, -0.2) is 12.0 Å². The fraction of sp³-hybridized carbons (Fsp3) is 0.250. The van der Waals surface area contributed by atoms with Crippen LogP contribution >= 0.6 is 0 Å². The molecule has 1 unspecified atom stereocenters. The second kappa shape index (κ2) is 4.63. The minimum Gasteiger partial charge on any atom is -0.439 e. The van der Waals surface area contributed by atoms with E-state index < -0.39 is 11.6 Å². The molecule has 2 rings (SSSR count). The Morgan fingerprint density at radius 1 is 1.35 bits per heavy atom. The molecule has 5 heteroatoms. The number of aromatic nitrogens is 1. The Bertz CT molecular complexity index is 525. The van der Waals surface area contributed by atoms with Gasteiger partial charge in [-0.2, -0.15) is 0 Å². The fourth-order valence-electron chi connectivity index (χ4n) is 1.43. The molecule has 0 radical (unpaired) electrons. The van der Waals surface area contributed by atoms with Crippen molar-refractivity contribution in [3.8, 4) is 11.3 Å². The summed E-state index contributed by atoms with van der Waals surface area (Å²) >= 11 is 0. The van der Waals surface area contributed by atoms with Gasteiger partial charge in [-0.3, -0.25) is 0 Å². The van der Waals surface area contributed by atoms with E-state index in [0.29, 0.717) is 11.7 Å². The van der Waals surface area contributed by atoms with Crippen LogP contribution in [0.15, 0.2) is 28.8 Å². The van der Waals surface area contributed by atoms with Crippen LogP contribution in [-0.2, 0) is 0 Å². The van der Waals surface area contributed by atoms with Crippen molar-refractivity contribution in [1.29, 1.82) is 0 Å². The number of halogens is 2. The van der Waals surface area contributed by atoms with E-state index in [2.05, 4.69) is 10.3 Å². The standard InChI is InChI=1S/C12H12F2N2O/c1-7(15-2)12-16-6-11(17-12)9-4-3-8(13)5-10(9)14/h3-7,15H,1-2H3. The number of rotatable bonds is 3. The first-order valence-corrected chi connectivity index (χ1v) is 5.20.